The molecule has 0 aromatic rings. The lowest BCUT2D eigenvalue weighted by Crippen LogP contribution is -2.33. The van der Waals surface area contributed by atoms with Gasteiger partial charge >= 0.3 is 0 Å². The van der Waals surface area contributed by atoms with E-state index in [0.717, 1.165) is 85.3 Å². The second-order valence-electron chi connectivity index (χ2n) is 5.71. The normalized spacial score (nSPS) is 12.0. The fourth-order valence-electron chi connectivity index (χ4n) is 2.49. The zero-order chi connectivity index (χ0) is 17.3. The lowest BCUT2D eigenvalue weighted by Gasteiger charge is -2.22. The molecule has 23 heavy (non-hydrogen) atoms. The minimum Gasteiger partial charge on any atom is -0.379 e. The lowest BCUT2D eigenvalue weighted by molar-refractivity contribution is 0.0621. The summed E-state index contributed by atoms with van der Waals surface area (Å²) in [7, 11) is 0. The lowest BCUT2D eigenvalue weighted by atomic mass is 10.4. The summed E-state index contributed by atoms with van der Waals surface area (Å²) in [5.41, 5.74) is 0. The highest BCUT2D eigenvalue weighted by Crippen LogP contribution is 1.92. The van der Waals surface area contributed by atoms with Crippen molar-refractivity contribution < 1.29 is 9.47 Å². The monoisotopic (exact) mass is 331 g/mol. The molecular formula is C18H41N3O2. The summed E-state index contributed by atoms with van der Waals surface area (Å²) in [6, 6.07) is 0. The standard InChI is InChI=1S/C18H41N3O2/c1-6-19(7-2)11-15-22-17-13-21(10-5)14-18-23-16-12-20(8-3)9-4/h6-18H2,1-5H3. The first-order valence-electron chi connectivity index (χ1n) is 9.54. The zero-order valence-corrected chi connectivity index (χ0v) is 16.4. The van der Waals surface area contributed by atoms with Gasteiger partial charge in [-0.1, -0.05) is 34.6 Å². The van der Waals surface area contributed by atoms with Crippen molar-refractivity contribution in [2.24, 2.45) is 0 Å². The van der Waals surface area contributed by atoms with E-state index >= 15 is 0 Å². The van der Waals surface area contributed by atoms with E-state index in [-0.39, 0.29) is 0 Å². The van der Waals surface area contributed by atoms with Gasteiger partial charge in [0.05, 0.1) is 26.4 Å². The summed E-state index contributed by atoms with van der Waals surface area (Å²) < 4.78 is 11.5. The number of nitrogens with zero attached hydrogens (tertiary/aromatic N) is 3. The zero-order valence-electron chi connectivity index (χ0n) is 16.4. The van der Waals surface area contributed by atoms with Gasteiger partial charge in [0.2, 0.25) is 0 Å². The molecule has 0 heterocycles. The van der Waals surface area contributed by atoms with Crippen LogP contribution in [0, 0.1) is 0 Å². The molecule has 0 aliphatic carbocycles. The van der Waals surface area contributed by atoms with Crippen molar-refractivity contribution in [1.29, 1.82) is 0 Å². The van der Waals surface area contributed by atoms with Gasteiger partial charge in [-0.15, -0.1) is 0 Å². The van der Waals surface area contributed by atoms with Crippen LogP contribution in [0.5, 0.6) is 0 Å². The predicted molar refractivity (Wildman–Crippen MR) is 99.3 cm³/mol. The smallest absolute Gasteiger partial charge is 0.0594 e. The van der Waals surface area contributed by atoms with Crippen molar-refractivity contribution in [1.82, 2.24) is 14.7 Å². The first-order valence-corrected chi connectivity index (χ1v) is 9.54. The molecule has 5 heteroatoms. The van der Waals surface area contributed by atoms with Crippen LogP contribution in [-0.2, 0) is 9.47 Å². The number of ether oxygens (including phenoxy) is 2. The molecule has 0 spiro atoms. The van der Waals surface area contributed by atoms with Crippen LogP contribution in [0.3, 0.4) is 0 Å². The van der Waals surface area contributed by atoms with Gasteiger partial charge in [0.1, 0.15) is 0 Å². The van der Waals surface area contributed by atoms with Crippen molar-refractivity contribution in [2.45, 2.75) is 34.6 Å². The molecule has 0 radical (unpaired) electrons. The molecule has 0 atom stereocenters. The summed E-state index contributed by atoms with van der Waals surface area (Å²) in [4.78, 5) is 7.18. The van der Waals surface area contributed by atoms with Gasteiger partial charge in [0, 0.05) is 26.2 Å². The highest BCUT2D eigenvalue weighted by Gasteiger charge is 2.04. The largest absolute Gasteiger partial charge is 0.379 e. The quantitative estimate of drug-likeness (QED) is 0.380. The number of rotatable bonds is 17. The summed E-state index contributed by atoms with van der Waals surface area (Å²) in [6.07, 6.45) is 0. The Labute approximate surface area is 144 Å². The van der Waals surface area contributed by atoms with Crippen LogP contribution in [0.15, 0.2) is 0 Å². The highest BCUT2D eigenvalue weighted by atomic mass is 16.5. The van der Waals surface area contributed by atoms with Crippen molar-refractivity contribution >= 4 is 0 Å². The van der Waals surface area contributed by atoms with E-state index in [1.54, 1.807) is 0 Å². The Bertz CT molecular complexity index is 212. The van der Waals surface area contributed by atoms with E-state index in [1.807, 2.05) is 0 Å². The Kier molecular flexibility index (Phi) is 16.5. The van der Waals surface area contributed by atoms with Gasteiger partial charge in [-0.25, -0.2) is 0 Å². The van der Waals surface area contributed by atoms with E-state index in [1.165, 1.54) is 0 Å². The van der Waals surface area contributed by atoms with E-state index in [2.05, 4.69) is 49.3 Å². The van der Waals surface area contributed by atoms with Crippen molar-refractivity contribution in [3.05, 3.63) is 0 Å². The molecule has 0 N–H and O–H groups in total. The van der Waals surface area contributed by atoms with Gasteiger partial charge in [0.15, 0.2) is 0 Å². The maximum atomic E-state index is 5.76. The predicted octanol–water partition coefficient (Wildman–Crippen LogP) is 2.03. The fraction of sp³-hybridized carbons (Fsp3) is 1.00. The fourth-order valence-corrected chi connectivity index (χ4v) is 2.49. The summed E-state index contributed by atoms with van der Waals surface area (Å²) in [5.74, 6) is 0. The molecular weight excluding hydrogens is 290 g/mol. The van der Waals surface area contributed by atoms with Gasteiger partial charge in [0.25, 0.3) is 0 Å². The average molecular weight is 332 g/mol. The van der Waals surface area contributed by atoms with Gasteiger partial charge in [-0.05, 0) is 32.7 Å². The molecule has 0 aliphatic rings. The molecule has 0 aromatic carbocycles. The topological polar surface area (TPSA) is 28.2 Å². The van der Waals surface area contributed by atoms with Crippen LogP contribution >= 0.6 is 0 Å². The van der Waals surface area contributed by atoms with Crippen molar-refractivity contribution in [3.63, 3.8) is 0 Å². The van der Waals surface area contributed by atoms with E-state index in [4.69, 9.17) is 9.47 Å². The third kappa shape index (κ3) is 12.8. The Hall–Kier alpha value is -0.200. The van der Waals surface area contributed by atoms with E-state index in [9.17, 15) is 0 Å². The minimum atomic E-state index is 0.814. The summed E-state index contributed by atoms with van der Waals surface area (Å²) in [6.45, 7) is 23.8. The first kappa shape index (κ1) is 22.8. The number of hydrogen-bond donors (Lipinski definition) is 0. The van der Waals surface area contributed by atoms with Crippen molar-refractivity contribution in [3.8, 4) is 0 Å². The molecule has 140 valence electrons. The molecule has 0 saturated heterocycles. The van der Waals surface area contributed by atoms with Crippen LogP contribution in [0.4, 0.5) is 0 Å². The molecule has 0 rings (SSSR count). The van der Waals surface area contributed by atoms with Crippen LogP contribution < -0.4 is 0 Å². The molecule has 0 saturated carbocycles. The van der Waals surface area contributed by atoms with Crippen LogP contribution in [0.2, 0.25) is 0 Å². The second kappa shape index (κ2) is 16.7. The number of hydrogen-bond acceptors (Lipinski definition) is 5. The van der Waals surface area contributed by atoms with Gasteiger partial charge < -0.3 is 19.3 Å². The minimum absolute atomic E-state index is 0.814. The van der Waals surface area contributed by atoms with E-state index in [0.29, 0.717) is 0 Å². The molecule has 5 nitrogen and oxygen atoms in total. The number of likely N-dealkylation sites (N-methyl/N-ethyl adjacent to an activating group) is 3. The van der Waals surface area contributed by atoms with Gasteiger partial charge in [-0.2, -0.15) is 0 Å². The molecule has 0 aromatic heterocycles. The van der Waals surface area contributed by atoms with Crippen molar-refractivity contribution in [2.75, 3.05) is 85.3 Å². The van der Waals surface area contributed by atoms with Crippen LogP contribution in [-0.4, -0.2) is 100 Å². The molecule has 0 bridgehead atoms. The Morgan fingerprint density at radius 3 is 0.957 bits per heavy atom. The highest BCUT2D eigenvalue weighted by molar-refractivity contribution is 4.56. The average Bonchev–Trinajstić information content (AvgIpc) is 2.59. The van der Waals surface area contributed by atoms with Crippen LogP contribution in [0.1, 0.15) is 34.6 Å². The maximum Gasteiger partial charge on any atom is 0.0594 e. The van der Waals surface area contributed by atoms with Crippen LogP contribution in [0.25, 0.3) is 0 Å². The molecule has 0 fully saturated rings. The third-order valence-corrected chi connectivity index (χ3v) is 4.44. The molecule has 0 amide bonds. The van der Waals surface area contributed by atoms with E-state index < -0.39 is 0 Å². The SMILES string of the molecule is CCN(CC)CCOCCN(CC)CCOCCN(CC)CC. The third-order valence-electron chi connectivity index (χ3n) is 4.44. The molecule has 0 aliphatic heterocycles. The summed E-state index contributed by atoms with van der Waals surface area (Å²) >= 11 is 0. The second-order valence-corrected chi connectivity index (χ2v) is 5.71. The molecule has 0 unspecified atom stereocenters. The Balaban J connectivity index is 3.55. The summed E-state index contributed by atoms with van der Waals surface area (Å²) in [5, 5.41) is 0. The first-order chi connectivity index (χ1) is 11.2. The van der Waals surface area contributed by atoms with Gasteiger partial charge in [-0.3, -0.25) is 4.90 Å². The maximum absolute atomic E-state index is 5.76. The Morgan fingerprint density at radius 1 is 0.435 bits per heavy atom. The Morgan fingerprint density at radius 2 is 0.696 bits per heavy atom.